The van der Waals surface area contributed by atoms with Crippen LogP contribution in [0.1, 0.15) is 6.92 Å². The molecule has 2 N–H and O–H groups in total. The molecule has 0 spiro atoms. The predicted octanol–water partition coefficient (Wildman–Crippen LogP) is -0.362. The number of hydrogen-bond donors (Lipinski definition) is 2. The number of amides is 4. The molecule has 9 heteroatoms. The second-order valence-corrected chi connectivity index (χ2v) is 4.14. The van der Waals surface area contributed by atoms with Crippen molar-refractivity contribution in [3.8, 4) is 0 Å². The lowest BCUT2D eigenvalue weighted by atomic mass is 10.3. The summed E-state index contributed by atoms with van der Waals surface area (Å²) in [5, 5.41) is 10.4. The lowest BCUT2D eigenvalue weighted by Gasteiger charge is -2.33. The van der Waals surface area contributed by atoms with Crippen molar-refractivity contribution < 1.29 is 29.0 Å². The zero-order valence-electron chi connectivity index (χ0n) is 11.6. The molecule has 0 aromatic rings. The van der Waals surface area contributed by atoms with Crippen molar-refractivity contribution in [2.45, 2.75) is 6.92 Å². The Balaban J connectivity index is 2.40. The van der Waals surface area contributed by atoms with Crippen LogP contribution in [0, 0.1) is 0 Å². The molecule has 0 unspecified atom stereocenters. The first-order chi connectivity index (χ1) is 9.93. The highest BCUT2D eigenvalue weighted by Gasteiger charge is 2.25. The van der Waals surface area contributed by atoms with Gasteiger partial charge in [0.1, 0.15) is 0 Å². The van der Waals surface area contributed by atoms with Crippen LogP contribution < -0.4 is 5.32 Å². The van der Waals surface area contributed by atoms with E-state index in [0.29, 0.717) is 19.2 Å². The number of aliphatic carboxylic acids is 1. The molecule has 1 rings (SSSR count). The summed E-state index contributed by atoms with van der Waals surface area (Å²) in [5.41, 5.74) is 0. The minimum Gasteiger partial charge on any atom is -0.478 e. The first kappa shape index (κ1) is 16.5. The molecule has 1 aliphatic rings. The zero-order chi connectivity index (χ0) is 15.8. The van der Waals surface area contributed by atoms with Gasteiger partial charge in [0.25, 0.3) is 5.91 Å². The molecule has 1 heterocycles. The van der Waals surface area contributed by atoms with Crippen LogP contribution in [0.3, 0.4) is 0 Å². The van der Waals surface area contributed by atoms with Crippen LogP contribution in [0.4, 0.5) is 9.59 Å². The first-order valence-corrected chi connectivity index (χ1v) is 6.36. The first-order valence-electron chi connectivity index (χ1n) is 6.36. The fourth-order valence-corrected chi connectivity index (χ4v) is 1.68. The molecule has 21 heavy (non-hydrogen) atoms. The average molecular weight is 299 g/mol. The molecular weight excluding hydrogens is 282 g/mol. The number of nitrogens with zero attached hydrogens (tertiary/aromatic N) is 2. The van der Waals surface area contributed by atoms with E-state index in [1.165, 1.54) is 9.80 Å². The van der Waals surface area contributed by atoms with Gasteiger partial charge in [0.05, 0.1) is 6.61 Å². The van der Waals surface area contributed by atoms with Crippen LogP contribution in [0.5, 0.6) is 0 Å². The van der Waals surface area contributed by atoms with Crippen molar-refractivity contribution in [1.29, 1.82) is 0 Å². The van der Waals surface area contributed by atoms with Gasteiger partial charge in [-0.05, 0) is 6.92 Å². The standard InChI is InChI=1S/C12H17N3O6/c1-2-21-12(20)15-7-5-14(6-8-15)11(19)13-9(16)3-4-10(17)18/h3-4H,2,5-8H2,1H3,(H,17,18)(H,13,16,19)/b4-3+. The minimum absolute atomic E-state index is 0.264. The third-order valence-corrected chi connectivity index (χ3v) is 2.70. The molecule has 116 valence electrons. The minimum atomic E-state index is -1.28. The smallest absolute Gasteiger partial charge is 0.409 e. The number of carboxylic acids is 1. The maximum absolute atomic E-state index is 11.7. The van der Waals surface area contributed by atoms with E-state index in [9.17, 15) is 19.2 Å². The number of carbonyl (C=O) groups excluding carboxylic acids is 3. The van der Waals surface area contributed by atoms with Gasteiger partial charge in [-0.15, -0.1) is 0 Å². The summed E-state index contributed by atoms with van der Waals surface area (Å²) in [5.74, 6) is -2.09. The van der Waals surface area contributed by atoms with Gasteiger partial charge in [-0.25, -0.2) is 14.4 Å². The highest BCUT2D eigenvalue weighted by Crippen LogP contribution is 2.04. The Morgan fingerprint density at radius 1 is 1.10 bits per heavy atom. The summed E-state index contributed by atoms with van der Waals surface area (Å²) >= 11 is 0. The summed E-state index contributed by atoms with van der Waals surface area (Å²) in [7, 11) is 0. The number of urea groups is 1. The number of piperazine rings is 1. The van der Waals surface area contributed by atoms with Crippen molar-refractivity contribution in [1.82, 2.24) is 15.1 Å². The zero-order valence-corrected chi connectivity index (χ0v) is 11.6. The number of carbonyl (C=O) groups is 4. The molecule has 0 radical (unpaired) electrons. The molecule has 0 aromatic carbocycles. The van der Waals surface area contributed by atoms with Crippen molar-refractivity contribution in [3.05, 3.63) is 12.2 Å². The van der Waals surface area contributed by atoms with Gasteiger partial charge in [-0.2, -0.15) is 0 Å². The molecular formula is C12H17N3O6. The van der Waals surface area contributed by atoms with Crippen LogP contribution in [0.15, 0.2) is 12.2 Å². The molecule has 0 aromatic heterocycles. The van der Waals surface area contributed by atoms with Gasteiger partial charge in [-0.3, -0.25) is 10.1 Å². The average Bonchev–Trinajstić information content (AvgIpc) is 2.45. The lowest BCUT2D eigenvalue weighted by molar-refractivity contribution is -0.131. The van der Waals surface area contributed by atoms with E-state index in [2.05, 4.69) is 0 Å². The van der Waals surface area contributed by atoms with Crippen LogP contribution in [0.2, 0.25) is 0 Å². The van der Waals surface area contributed by atoms with E-state index in [4.69, 9.17) is 9.84 Å². The number of ether oxygens (including phenoxy) is 1. The number of nitrogens with one attached hydrogen (secondary N) is 1. The molecule has 9 nitrogen and oxygen atoms in total. The summed E-state index contributed by atoms with van der Waals surface area (Å²) in [6, 6.07) is -0.626. The van der Waals surface area contributed by atoms with Gasteiger partial charge < -0.3 is 19.6 Å². The number of carboxylic acid groups (broad SMARTS) is 1. The highest BCUT2D eigenvalue weighted by molar-refractivity contribution is 6.02. The highest BCUT2D eigenvalue weighted by atomic mass is 16.6. The largest absolute Gasteiger partial charge is 0.478 e. The third kappa shape index (κ3) is 5.51. The van der Waals surface area contributed by atoms with Crippen LogP contribution in [0.25, 0.3) is 0 Å². The van der Waals surface area contributed by atoms with E-state index in [-0.39, 0.29) is 19.7 Å². The molecule has 0 aliphatic carbocycles. The van der Waals surface area contributed by atoms with Crippen LogP contribution in [-0.4, -0.2) is 71.7 Å². The normalized spacial score (nSPS) is 14.9. The Labute approximate surface area is 121 Å². The number of imide groups is 1. The Morgan fingerprint density at radius 2 is 1.67 bits per heavy atom. The fraction of sp³-hybridized carbons (Fsp3) is 0.500. The SMILES string of the molecule is CCOC(=O)N1CCN(C(=O)NC(=O)/C=C/C(=O)O)CC1. The summed E-state index contributed by atoms with van der Waals surface area (Å²) in [6.07, 6.45) is 0.967. The summed E-state index contributed by atoms with van der Waals surface area (Å²) in [4.78, 5) is 47.5. The fourth-order valence-electron chi connectivity index (χ4n) is 1.68. The van der Waals surface area contributed by atoms with Crippen LogP contribution in [-0.2, 0) is 14.3 Å². The molecule has 1 saturated heterocycles. The topological polar surface area (TPSA) is 116 Å². The lowest BCUT2D eigenvalue weighted by Crippen LogP contribution is -2.53. The van der Waals surface area contributed by atoms with Gasteiger partial charge in [-0.1, -0.05) is 0 Å². The molecule has 0 atom stereocenters. The Kier molecular flexibility index (Phi) is 6.18. The number of rotatable bonds is 3. The summed E-state index contributed by atoms with van der Waals surface area (Å²) < 4.78 is 4.85. The van der Waals surface area contributed by atoms with Gasteiger partial charge in [0.15, 0.2) is 0 Å². The Morgan fingerprint density at radius 3 is 2.19 bits per heavy atom. The third-order valence-electron chi connectivity index (χ3n) is 2.70. The Hall–Kier alpha value is -2.58. The van der Waals surface area contributed by atoms with Gasteiger partial charge in [0.2, 0.25) is 0 Å². The number of hydrogen-bond acceptors (Lipinski definition) is 5. The van der Waals surface area contributed by atoms with E-state index >= 15 is 0 Å². The quantitative estimate of drug-likeness (QED) is 0.687. The van der Waals surface area contributed by atoms with E-state index < -0.39 is 24.0 Å². The maximum Gasteiger partial charge on any atom is 0.409 e. The maximum atomic E-state index is 11.7. The van der Waals surface area contributed by atoms with E-state index in [1.807, 2.05) is 5.32 Å². The second kappa shape index (κ2) is 7.88. The Bertz CT molecular complexity index is 454. The van der Waals surface area contributed by atoms with Crippen LogP contribution >= 0.6 is 0 Å². The molecule has 1 fully saturated rings. The molecule has 1 aliphatic heterocycles. The van der Waals surface area contributed by atoms with Crippen molar-refractivity contribution in [2.24, 2.45) is 0 Å². The van der Waals surface area contributed by atoms with E-state index in [0.717, 1.165) is 6.08 Å². The predicted molar refractivity (Wildman–Crippen MR) is 70.5 cm³/mol. The molecule has 0 saturated carbocycles. The van der Waals surface area contributed by atoms with Crippen molar-refractivity contribution >= 4 is 24.0 Å². The summed E-state index contributed by atoms with van der Waals surface area (Å²) in [6.45, 7) is 3.14. The molecule has 0 bridgehead atoms. The second-order valence-electron chi connectivity index (χ2n) is 4.14. The van der Waals surface area contributed by atoms with E-state index in [1.54, 1.807) is 6.92 Å². The van der Waals surface area contributed by atoms with Crippen molar-refractivity contribution in [3.63, 3.8) is 0 Å². The van der Waals surface area contributed by atoms with Gasteiger partial charge >= 0.3 is 18.1 Å². The monoisotopic (exact) mass is 299 g/mol. The van der Waals surface area contributed by atoms with Crippen molar-refractivity contribution in [2.75, 3.05) is 32.8 Å². The van der Waals surface area contributed by atoms with Gasteiger partial charge in [0, 0.05) is 38.3 Å². The molecule has 4 amide bonds.